The summed E-state index contributed by atoms with van der Waals surface area (Å²) >= 11 is 0. The summed E-state index contributed by atoms with van der Waals surface area (Å²) in [5.74, 6) is 0.824. The van der Waals surface area contributed by atoms with Gasteiger partial charge in [-0.2, -0.15) is 0 Å². The molecular weight excluding hydrogens is 304 g/mol. The summed E-state index contributed by atoms with van der Waals surface area (Å²) in [7, 11) is 1.63. The zero-order valence-corrected chi connectivity index (χ0v) is 14.3. The van der Waals surface area contributed by atoms with Gasteiger partial charge in [-0.05, 0) is 42.2 Å². The number of hydrogen-bond donors (Lipinski definition) is 3. The number of amides is 2. The minimum atomic E-state index is -0.722. The number of aliphatic hydroxyl groups excluding tert-OH is 1. The van der Waals surface area contributed by atoms with E-state index in [0.29, 0.717) is 6.54 Å². The molecule has 0 saturated heterocycles. The summed E-state index contributed by atoms with van der Waals surface area (Å²) in [4.78, 5) is 11.9. The van der Waals surface area contributed by atoms with Gasteiger partial charge < -0.3 is 20.5 Å². The van der Waals surface area contributed by atoms with Gasteiger partial charge in [0.25, 0.3) is 0 Å². The fourth-order valence-corrected chi connectivity index (χ4v) is 2.56. The summed E-state index contributed by atoms with van der Waals surface area (Å²) in [5.41, 5.74) is 3.83. The highest BCUT2D eigenvalue weighted by atomic mass is 16.5. The van der Waals surface area contributed by atoms with Crippen molar-refractivity contribution in [2.24, 2.45) is 0 Å². The van der Waals surface area contributed by atoms with E-state index in [1.165, 1.54) is 0 Å². The number of aryl methyl sites for hydroxylation is 2. The summed E-state index contributed by atoms with van der Waals surface area (Å²) in [6.45, 7) is 4.47. The van der Waals surface area contributed by atoms with Crippen molar-refractivity contribution in [2.45, 2.75) is 26.5 Å². The van der Waals surface area contributed by atoms with Gasteiger partial charge in [0.1, 0.15) is 5.75 Å². The molecule has 0 aliphatic carbocycles. The van der Waals surface area contributed by atoms with Gasteiger partial charge in [-0.15, -0.1) is 0 Å². The largest absolute Gasteiger partial charge is 0.496 e. The Morgan fingerprint density at radius 1 is 1.12 bits per heavy atom. The van der Waals surface area contributed by atoms with Crippen LogP contribution in [-0.2, 0) is 6.54 Å². The van der Waals surface area contributed by atoms with Crippen LogP contribution in [0.3, 0.4) is 0 Å². The molecule has 24 heavy (non-hydrogen) atoms. The van der Waals surface area contributed by atoms with Crippen LogP contribution >= 0.6 is 0 Å². The normalized spacial score (nSPS) is 11.7. The van der Waals surface area contributed by atoms with Gasteiger partial charge in [0, 0.05) is 13.1 Å². The average Bonchev–Trinajstić information content (AvgIpc) is 2.58. The van der Waals surface area contributed by atoms with Crippen molar-refractivity contribution in [1.82, 2.24) is 10.6 Å². The second-order valence-electron chi connectivity index (χ2n) is 5.74. The lowest BCUT2D eigenvalue weighted by molar-refractivity contribution is 0.172. The molecule has 3 N–H and O–H groups in total. The molecule has 0 aliphatic rings. The minimum Gasteiger partial charge on any atom is -0.496 e. The fraction of sp³-hybridized carbons (Fsp3) is 0.316. The van der Waals surface area contributed by atoms with Crippen molar-refractivity contribution in [3.05, 3.63) is 64.7 Å². The van der Waals surface area contributed by atoms with Gasteiger partial charge in [0.15, 0.2) is 0 Å². The number of rotatable bonds is 6. The first kappa shape index (κ1) is 17.8. The molecule has 2 rings (SSSR count). The quantitative estimate of drug-likeness (QED) is 0.763. The van der Waals surface area contributed by atoms with E-state index in [1.807, 2.05) is 56.3 Å². The SMILES string of the molecule is COc1ccc(CNC(=O)NCC(O)c2ccccc2C)cc1C. The summed E-state index contributed by atoms with van der Waals surface area (Å²) in [5, 5.41) is 15.6. The van der Waals surface area contributed by atoms with E-state index in [0.717, 1.165) is 28.0 Å². The van der Waals surface area contributed by atoms with Gasteiger partial charge in [-0.25, -0.2) is 4.79 Å². The van der Waals surface area contributed by atoms with Crippen LogP contribution in [-0.4, -0.2) is 24.8 Å². The van der Waals surface area contributed by atoms with Crippen molar-refractivity contribution in [3.63, 3.8) is 0 Å². The Balaban J connectivity index is 1.81. The zero-order valence-electron chi connectivity index (χ0n) is 14.3. The standard InChI is InChI=1S/C19H24N2O3/c1-13-6-4-5-7-16(13)17(22)12-21-19(23)20-11-15-8-9-18(24-3)14(2)10-15/h4-10,17,22H,11-12H2,1-3H3,(H2,20,21,23). The van der Waals surface area contributed by atoms with E-state index in [4.69, 9.17) is 4.74 Å². The molecule has 0 aromatic heterocycles. The molecule has 0 heterocycles. The Bertz CT molecular complexity index is 701. The lowest BCUT2D eigenvalue weighted by atomic mass is 10.0. The van der Waals surface area contributed by atoms with Crippen LogP contribution in [0.15, 0.2) is 42.5 Å². The van der Waals surface area contributed by atoms with Gasteiger partial charge in [-0.3, -0.25) is 0 Å². The third-order valence-electron chi connectivity index (χ3n) is 3.92. The van der Waals surface area contributed by atoms with Crippen LogP contribution in [0.2, 0.25) is 0 Å². The molecule has 0 saturated carbocycles. The first-order chi connectivity index (χ1) is 11.5. The number of hydrogen-bond acceptors (Lipinski definition) is 3. The topological polar surface area (TPSA) is 70.6 Å². The number of carbonyl (C=O) groups is 1. The maximum atomic E-state index is 11.9. The molecule has 0 aliphatic heterocycles. The highest BCUT2D eigenvalue weighted by molar-refractivity contribution is 5.73. The number of aliphatic hydroxyl groups is 1. The van der Waals surface area contributed by atoms with E-state index >= 15 is 0 Å². The molecule has 0 radical (unpaired) electrons. The van der Waals surface area contributed by atoms with Crippen LogP contribution in [0.1, 0.15) is 28.4 Å². The Kier molecular flexibility index (Phi) is 6.21. The first-order valence-electron chi connectivity index (χ1n) is 7.90. The maximum Gasteiger partial charge on any atom is 0.315 e. The second kappa shape index (κ2) is 8.36. The smallest absolute Gasteiger partial charge is 0.315 e. The van der Waals surface area contributed by atoms with E-state index in [2.05, 4.69) is 10.6 Å². The summed E-state index contributed by atoms with van der Waals surface area (Å²) in [6, 6.07) is 13.0. The lowest BCUT2D eigenvalue weighted by Gasteiger charge is -2.15. The molecular formula is C19H24N2O3. The predicted octanol–water partition coefficient (Wildman–Crippen LogP) is 2.84. The van der Waals surface area contributed by atoms with E-state index < -0.39 is 6.10 Å². The molecule has 2 aromatic rings. The molecule has 1 unspecified atom stereocenters. The van der Waals surface area contributed by atoms with Crippen LogP contribution in [0, 0.1) is 13.8 Å². The van der Waals surface area contributed by atoms with Gasteiger partial charge in [0.05, 0.1) is 13.2 Å². The highest BCUT2D eigenvalue weighted by Crippen LogP contribution is 2.18. The van der Waals surface area contributed by atoms with Gasteiger partial charge in [0.2, 0.25) is 0 Å². The minimum absolute atomic E-state index is 0.165. The maximum absolute atomic E-state index is 11.9. The number of carbonyl (C=O) groups excluding carboxylic acids is 1. The van der Waals surface area contributed by atoms with Crippen molar-refractivity contribution in [2.75, 3.05) is 13.7 Å². The Labute approximate surface area is 142 Å². The molecule has 5 heteroatoms. The van der Waals surface area contributed by atoms with Gasteiger partial charge in [-0.1, -0.05) is 36.4 Å². The monoisotopic (exact) mass is 328 g/mol. The summed E-state index contributed by atoms with van der Waals surface area (Å²) in [6.07, 6.45) is -0.722. The molecule has 0 bridgehead atoms. The van der Waals surface area contributed by atoms with Crippen molar-refractivity contribution in [3.8, 4) is 5.75 Å². The summed E-state index contributed by atoms with van der Waals surface area (Å²) < 4.78 is 5.21. The Hall–Kier alpha value is -2.53. The zero-order chi connectivity index (χ0) is 17.5. The highest BCUT2D eigenvalue weighted by Gasteiger charge is 2.11. The molecule has 5 nitrogen and oxygen atoms in total. The van der Waals surface area contributed by atoms with Crippen molar-refractivity contribution in [1.29, 1.82) is 0 Å². The number of benzene rings is 2. The van der Waals surface area contributed by atoms with Gasteiger partial charge >= 0.3 is 6.03 Å². The van der Waals surface area contributed by atoms with Crippen LogP contribution < -0.4 is 15.4 Å². The van der Waals surface area contributed by atoms with E-state index in [1.54, 1.807) is 7.11 Å². The molecule has 2 amide bonds. The third-order valence-corrected chi connectivity index (χ3v) is 3.92. The molecule has 128 valence electrons. The number of ether oxygens (including phenoxy) is 1. The molecule has 0 fully saturated rings. The van der Waals surface area contributed by atoms with Crippen molar-refractivity contribution >= 4 is 6.03 Å². The third kappa shape index (κ3) is 4.73. The van der Waals surface area contributed by atoms with Crippen LogP contribution in [0.25, 0.3) is 0 Å². The van der Waals surface area contributed by atoms with Crippen molar-refractivity contribution < 1.29 is 14.6 Å². The molecule has 0 spiro atoms. The average molecular weight is 328 g/mol. The molecule has 2 aromatic carbocycles. The Morgan fingerprint density at radius 2 is 1.88 bits per heavy atom. The number of methoxy groups -OCH3 is 1. The predicted molar refractivity (Wildman–Crippen MR) is 94.1 cm³/mol. The Morgan fingerprint density at radius 3 is 2.54 bits per heavy atom. The number of urea groups is 1. The number of nitrogens with one attached hydrogen (secondary N) is 2. The fourth-order valence-electron chi connectivity index (χ4n) is 2.56. The van der Waals surface area contributed by atoms with Crippen LogP contribution in [0.4, 0.5) is 4.79 Å². The second-order valence-corrected chi connectivity index (χ2v) is 5.74. The van der Waals surface area contributed by atoms with E-state index in [9.17, 15) is 9.90 Å². The lowest BCUT2D eigenvalue weighted by Crippen LogP contribution is -2.37. The van der Waals surface area contributed by atoms with Crippen LogP contribution in [0.5, 0.6) is 5.75 Å². The first-order valence-corrected chi connectivity index (χ1v) is 7.90. The van der Waals surface area contributed by atoms with E-state index in [-0.39, 0.29) is 12.6 Å². The molecule has 1 atom stereocenters.